The highest BCUT2D eigenvalue weighted by molar-refractivity contribution is 7.07. The number of thiophene rings is 1. The maximum Gasteiger partial charge on any atom is 0.0689 e. The highest BCUT2D eigenvalue weighted by atomic mass is 32.1. The predicted octanol–water partition coefficient (Wildman–Crippen LogP) is 5.04. The standard InChI is InChI=1S/C16H23NS/c1-13(2)15-4-8-16(12-17,9-5-15)7-3-14-6-10-18-11-14/h6,10-11,13,15H,3-5,7-9H2,1-2H3. The van der Waals surface area contributed by atoms with Gasteiger partial charge in [0, 0.05) is 0 Å². The summed E-state index contributed by atoms with van der Waals surface area (Å²) in [5.41, 5.74) is 1.37. The Morgan fingerprint density at radius 2 is 2.17 bits per heavy atom. The number of nitriles is 1. The van der Waals surface area contributed by atoms with Gasteiger partial charge in [-0.05, 0) is 72.8 Å². The number of aryl methyl sites for hydroxylation is 1. The quantitative estimate of drug-likeness (QED) is 0.745. The average Bonchev–Trinajstić information content (AvgIpc) is 2.90. The number of rotatable bonds is 4. The highest BCUT2D eigenvalue weighted by Crippen LogP contribution is 2.43. The lowest BCUT2D eigenvalue weighted by molar-refractivity contribution is 0.166. The number of hydrogen-bond donors (Lipinski definition) is 0. The zero-order valence-corrected chi connectivity index (χ0v) is 12.3. The lowest BCUT2D eigenvalue weighted by atomic mass is 9.66. The van der Waals surface area contributed by atoms with Gasteiger partial charge >= 0.3 is 0 Å². The van der Waals surface area contributed by atoms with Gasteiger partial charge in [-0.15, -0.1) is 0 Å². The Balaban J connectivity index is 1.90. The van der Waals surface area contributed by atoms with E-state index in [2.05, 4.69) is 36.7 Å². The molecule has 1 nitrogen and oxygen atoms in total. The van der Waals surface area contributed by atoms with Crippen molar-refractivity contribution in [3.63, 3.8) is 0 Å². The van der Waals surface area contributed by atoms with Crippen LogP contribution in [0.5, 0.6) is 0 Å². The van der Waals surface area contributed by atoms with Crippen LogP contribution in [0, 0.1) is 28.6 Å². The third-order valence-corrected chi connectivity index (χ3v) is 5.37. The molecule has 0 N–H and O–H groups in total. The van der Waals surface area contributed by atoms with Crippen LogP contribution in [0.1, 0.15) is 51.5 Å². The van der Waals surface area contributed by atoms with Crippen molar-refractivity contribution >= 4 is 11.3 Å². The van der Waals surface area contributed by atoms with E-state index in [9.17, 15) is 5.26 Å². The molecule has 0 atom stereocenters. The summed E-state index contributed by atoms with van der Waals surface area (Å²) in [7, 11) is 0. The first-order valence-corrected chi connectivity index (χ1v) is 8.02. The lowest BCUT2D eigenvalue weighted by Crippen LogP contribution is -2.28. The molecule has 0 aliphatic heterocycles. The van der Waals surface area contributed by atoms with E-state index in [1.165, 1.54) is 18.4 Å². The highest BCUT2D eigenvalue weighted by Gasteiger charge is 2.35. The zero-order valence-electron chi connectivity index (χ0n) is 11.5. The van der Waals surface area contributed by atoms with Crippen molar-refractivity contribution in [3.8, 4) is 6.07 Å². The molecule has 18 heavy (non-hydrogen) atoms. The van der Waals surface area contributed by atoms with E-state index in [0.29, 0.717) is 0 Å². The summed E-state index contributed by atoms with van der Waals surface area (Å²) in [6, 6.07) is 4.83. The van der Waals surface area contributed by atoms with Crippen LogP contribution < -0.4 is 0 Å². The normalized spacial score (nSPS) is 28.2. The van der Waals surface area contributed by atoms with Gasteiger partial charge in [-0.1, -0.05) is 13.8 Å². The smallest absolute Gasteiger partial charge is 0.0689 e. The van der Waals surface area contributed by atoms with Crippen molar-refractivity contribution in [2.24, 2.45) is 17.3 Å². The molecule has 2 rings (SSSR count). The van der Waals surface area contributed by atoms with Crippen LogP contribution in [0.3, 0.4) is 0 Å². The summed E-state index contributed by atoms with van der Waals surface area (Å²) >= 11 is 1.75. The Kier molecular flexibility index (Phi) is 4.45. The molecule has 0 radical (unpaired) electrons. The van der Waals surface area contributed by atoms with Gasteiger partial charge < -0.3 is 0 Å². The second-order valence-corrected chi connectivity index (χ2v) is 6.89. The van der Waals surface area contributed by atoms with Gasteiger partial charge in [0.15, 0.2) is 0 Å². The molecule has 1 aliphatic rings. The van der Waals surface area contributed by atoms with Gasteiger partial charge in [0.25, 0.3) is 0 Å². The van der Waals surface area contributed by atoms with E-state index in [1.54, 1.807) is 11.3 Å². The van der Waals surface area contributed by atoms with Crippen molar-refractivity contribution in [1.82, 2.24) is 0 Å². The topological polar surface area (TPSA) is 23.8 Å². The van der Waals surface area contributed by atoms with E-state index in [1.807, 2.05) is 0 Å². The van der Waals surface area contributed by atoms with Gasteiger partial charge in [-0.25, -0.2) is 0 Å². The summed E-state index contributed by atoms with van der Waals surface area (Å²) < 4.78 is 0. The maximum atomic E-state index is 9.55. The summed E-state index contributed by atoms with van der Waals surface area (Å²) in [4.78, 5) is 0. The lowest BCUT2D eigenvalue weighted by Gasteiger charge is -2.36. The van der Waals surface area contributed by atoms with Crippen molar-refractivity contribution in [2.45, 2.75) is 52.4 Å². The van der Waals surface area contributed by atoms with Crippen LogP contribution in [0.4, 0.5) is 0 Å². The number of nitrogens with zero attached hydrogens (tertiary/aromatic N) is 1. The molecule has 1 heterocycles. The van der Waals surface area contributed by atoms with Gasteiger partial charge in [0.1, 0.15) is 0 Å². The van der Waals surface area contributed by atoms with Crippen LogP contribution in [0.25, 0.3) is 0 Å². The molecule has 1 aliphatic carbocycles. The monoisotopic (exact) mass is 261 g/mol. The molecule has 1 saturated carbocycles. The second-order valence-electron chi connectivity index (χ2n) is 6.11. The molecular weight excluding hydrogens is 238 g/mol. The number of hydrogen-bond acceptors (Lipinski definition) is 2. The van der Waals surface area contributed by atoms with Gasteiger partial charge in [-0.2, -0.15) is 16.6 Å². The Hall–Kier alpha value is -0.810. The largest absolute Gasteiger partial charge is 0.198 e. The van der Waals surface area contributed by atoms with Crippen LogP contribution in [0.15, 0.2) is 16.8 Å². The molecule has 1 fully saturated rings. The SMILES string of the molecule is CC(C)C1CCC(C#N)(CCc2ccsc2)CC1. The molecule has 0 spiro atoms. The van der Waals surface area contributed by atoms with E-state index < -0.39 is 0 Å². The molecule has 0 amide bonds. The second kappa shape index (κ2) is 5.89. The maximum absolute atomic E-state index is 9.55. The Labute approximate surface area is 115 Å². The molecule has 1 aromatic heterocycles. The van der Waals surface area contributed by atoms with E-state index in [4.69, 9.17) is 0 Å². The molecule has 2 heteroatoms. The Morgan fingerprint density at radius 3 is 2.67 bits per heavy atom. The summed E-state index contributed by atoms with van der Waals surface area (Å²) in [6.07, 6.45) is 6.82. The van der Waals surface area contributed by atoms with Crippen molar-refractivity contribution < 1.29 is 0 Å². The minimum absolute atomic E-state index is 0.0344. The first-order valence-electron chi connectivity index (χ1n) is 7.07. The fourth-order valence-corrected chi connectivity index (χ4v) is 3.80. The van der Waals surface area contributed by atoms with Gasteiger partial charge in [0.2, 0.25) is 0 Å². The Morgan fingerprint density at radius 1 is 1.44 bits per heavy atom. The first-order chi connectivity index (χ1) is 8.65. The molecule has 0 aromatic carbocycles. The average molecular weight is 261 g/mol. The van der Waals surface area contributed by atoms with E-state index in [0.717, 1.165) is 37.5 Å². The van der Waals surface area contributed by atoms with Crippen LogP contribution in [0.2, 0.25) is 0 Å². The summed E-state index contributed by atoms with van der Waals surface area (Å²) in [6.45, 7) is 4.63. The van der Waals surface area contributed by atoms with Crippen LogP contribution in [-0.2, 0) is 6.42 Å². The minimum Gasteiger partial charge on any atom is -0.198 e. The van der Waals surface area contributed by atoms with E-state index >= 15 is 0 Å². The molecule has 0 unspecified atom stereocenters. The van der Waals surface area contributed by atoms with Gasteiger partial charge in [-0.3, -0.25) is 0 Å². The molecule has 98 valence electrons. The molecule has 0 bridgehead atoms. The van der Waals surface area contributed by atoms with Crippen molar-refractivity contribution in [2.75, 3.05) is 0 Å². The van der Waals surface area contributed by atoms with Crippen LogP contribution in [-0.4, -0.2) is 0 Å². The zero-order chi connectivity index (χ0) is 13.0. The Bertz CT molecular complexity index is 391. The fourth-order valence-electron chi connectivity index (χ4n) is 3.10. The third-order valence-electron chi connectivity index (χ3n) is 4.64. The minimum atomic E-state index is -0.0344. The summed E-state index contributed by atoms with van der Waals surface area (Å²) in [5, 5.41) is 13.9. The summed E-state index contributed by atoms with van der Waals surface area (Å²) in [5.74, 6) is 1.62. The fraction of sp³-hybridized carbons (Fsp3) is 0.688. The molecular formula is C16H23NS. The third kappa shape index (κ3) is 3.14. The van der Waals surface area contributed by atoms with Crippen molar-refractivity contribution in [1.29, 1.82) is 5.26 Å². The first kappa shape index (κ1) is 13.6. The van der Waals surface area contributed by atoms with Gasteiger partial charge in [0.05, 0.1) is 11.5 Å². The molecule has 1 aromatic rings. The van der Waals surface area contributed by atoms with E-state index in [-0.39, 0.29) is 5.41 Å². The predicted molar refractivity (Wildman–Crippen MR) is 77.5 cm³/mol. The van der Waals surface area contributed by atoms with Crippen LogP contribution >= 0.6 is 11.3 Å². The molecule has 0 saturated heterocycles. The van der Waals surface area contributed by atoms with Crippen molar-refractivity contribution in [3.05, 3.63) is 22.4 Å².